The van der Waals surface area contributed by atoms with Crippen molar-refractivity contribution in [3.63, 3.8) is 0 Å². The first kappa shape index (κ1) is 26.1. The van der Waals surface area contributed by atoms with E-state index in [1.807, 2.05) is 11.5 Å². The van der Waals surface area contributed by atoms with Gasteiger partial charge in [-0.15, -0.1) is 0 Å². The molecule has 1 saturated heterocycles. The Labute approximate surface area is 227 Å². The molecule has 6 rings (SSSR count). The fraction of sp³-hybridized carbons (Fsp3) is 0.481. The predicted molar refractivity (Wildman–Crippen MR) is 143 cm³/mol. The first-order chi connectivity index (χ1) is 18.5. The molecule has 1 aromatic carbocycles. The van der Waals surface area contributed by atoms with E-state index in [4.69, 9.17) is 16.6 Å². The molecule has 0 spiro atoms. The predicted octanol–water partition coefficient (Wildman–Crippen LogP) is 4.71. The van der Waals surface area contributed by atoms with Gasteiger partial charge in [0, 0.05) is 31.1 Å². The number of pyridine rings is 1. The SMILES string of the molecule is Cc1nc2c(=O)c(N3CCN[C@H]4CC[C@@H]43)c3n(c2nc1C)[C@H](C(=O)Nc1ccc(C(F)(F)F)cc1Cl)C[C@H]3C. The molecule has 12 heteroatoms. The van der Waals surface area contributed by atoms with Crippen molar-refractivity contribution in [1.29, 1.82) is 0 Å². The largest absolute Gasteiger partial charge is 0.416 e. The maximum Gasteiger partial charge on any atom is 0.416 e. The van der Waals surface area contributed by atoms with Crippen LogP contribution in [0.4, 0.5) is 24.5 Å². The molecule has 2 aliphatic heterocycles. The van der Waals surface area contributed by atoms with Crippen LogP contribution in [0.25, 0.3) is 11.2 Å². The van der Waals surface area contributed by atoms with Crippen molar-refractivity contribution in [1.82, 2.24) is 19.9 Å². The number of amides is 1. The van der Waals surface area contributed by atoms with Crippen LogP contribution in [0.1, 0.15) is 60.8 Å². The van der Waals surface area contributed by atoms with Crippen LogP contribution >= 0.6 is 11.6 Å². The molecule has 39 heavy (non-hydrogen) atoms. The summed E-state index contributed by atoms with van der Waals surface area (Å²) in [5, 5.41) is 6.02. The number of piperazine rings is 1. The Bertz CT molecular complexity index is 1570. The minimum absolute atomic E-state index is 0.0823. The average molecular weight is 561 g/mol. The van der Waals surface area contributed by atoms with Gasteiger partial charge in [-0.1, -0.05) is 18.5 Å². The molecule has 1 aliphatic carbocycles. The van der Waals surface area contributed by atoms with E-state index in [2.05, 4.69) is 20.5 Å². The monoisotopic (exact) mass is 560 g/mol. The Morgan fingerprint density at radius 1 is 1.18 bits per heavy atom. The van der Waals surface area contributed by atoms with E-state index in [1.165, 1.54) is 0 Å². The van der Waals surface area contributed by atoms with Gasteiger partial charge in [-0.05, 0) is 51.3 Å². The zero-order valence-corrected chi connectivity index (χ0v) is 22.5. The summed E-state index contributed by atoms with van der Waals surface area (Å²) in [5.74, 6) is -0.590. The highest BCUT2D eigenvalue weighted by atomic mass is 35.5. The van der Waals surface area contributed by atoms with Gasteiger partial charge in [0.05, 0.1) is 33.4 Å². The molecule has 3 aliphatic rings. The van der Waals surface area contributed by atoms with Gasteiger partial charge in [-0.25, -0.2) is 9.97 Å². The molecule has 3 aromatic rings. The highest BCUT2D eigenvalue weighted by Crippen LogP contribution is 2.44. The van der Waals surface area contributed by atoms with Crippen LogP contribution in [0.3, 0.4) is 0 Å². The second kappa shape index (κ2) is 9.19. The van der Waals surface area contributed by atoms with Crippen LogP contribution in [-0.2, 0) is 11.0 Å². The molecule has 206 valence electrons. The number of aryl methyl sites for hydroxylation is 2. The Balaban J connectivity index is 1.47. The van der Waals surface area contributed by atoms with E-state index in [0.717, 1.165) is 43.3 Å². The highest BCUT2D eigenvalue weighted by molar-refractivity contribution is 6.33. The van der Waals surface area contributed by atoms with E-state index in [9.17, 15) is 22.8 Å². The molecule has 2 N–H and O–H groups in total. The summed E-state index contributed by atoms with van der Waals surface area (Å²) in [5.41, 5.74) is 2.16. The minimum atomic E-state index is -4.55. The lowest BCUT2D eigenvalue weighted by Crippen LogP contribution is -2.64. The number of carbonyl (C=O) groups is 1. The summed E-state index contributed by atoms with van der Waals surface area (Å²) in [7, 11) is 0. The zero-order chi connectivity index (χ0) is 27.8. The number of rotatable bonds is 3. The van der Waals surface area contributed by atoms with Gasteiger partial charge in [0.2, 0.25) is 11.3 Å². The molecule has 8 nitrogen and oxygen atoms in total. The molecular formula is C27H28ClF3N6O2. The van der Waals surface area contributed by atoms with Crippen LogP contribution in [0.2, 0.25) is 5.02 Å². The van der Waals surface area contributed by atoms with Crippen molar-refractivity contribution >= 4 is 40.0 Å². The normalized spacial score (nSPS) is 24.3. The van der Waals surface area contributed by atoms with Crippen LogP contribution in [0.5, 0.6) is 0 Å². The summed E-state index contributed by atoms with van der Waals surface area (Å²) in [6, 6.07) is 2.59. The molecule has 2 aromatic heterocycles. The van der Waals surface area contributed by atoms with Crippen molar-refractivity contribution in [2.45, 2.75) is 70.3 Å². The number of nitrogens with zero attached hydrogens (tertiary/aromatic N) is 4. The standard InChI is InChI=1S/C27H28ClF3N6O2/c1-12-10-20(26(39)35-17-5-4-15(11-16(17)28)27(29,30)31)37-22(12)23(36-9-8-32-18-6-7-19(18)36)24(38)21-25(37)34-14(3)13(2)33-21/h4-5,11-12,18-20,32H,6-10H2,1-3H3,(H,35,39)/t12-,18+,19+,20+/m1/s1. The van der Waals surface area contributed by atoms with Crippen molar-refractivity contribution < 1.29 is 18.0 Å². The van der Waals surface area contributed by atoms with E-state index < -0.39 is 23.7 Å². The number of aromatic nitrogens is 3. The van der Waals surface area contributed by atoms with Gasteiger partial charge in [0.1, 0.15) is 11.7 Å². The molecule has 0 bridgehead atoms. The van der Waals surface area contributed by atoms with Gasteiger partial charge < -0.3 is 20.1 Å². The molecule has 1 saturated carbocycles. The van der Waals surface area contributed by atoms with E-state index in [0.29, 0.717) is 41.7 Å². The van der Waals surface area contributed by atoms with Crippen LogP contribution in [-0.4, -0.2) is 45.6 Å². The Morgan fingerprint density at radius 2 is 1.92 bits per heavy atom. The molecule has 0 unspecified atom stereocenters. The zero-order valence-electron chi connectivity index (χ0n) is 21.7. The second-order valence-corrected chi connectivity index (χ2v) is 11.1. The van der Waals surface area contributed by atoms with Crippen molar-refractivity contribution in [3.05, 3.63) is 56.1 Å². The number of nitrogens with one attached hydrogen (secondary N) is 2. The summed E-state index contributed by atoms with van der Waals surface area (Å²) >= 11 is 6.13. The highest BCUT2D eigenvalue weighted by Gasteiger charge is 2.44. The fourth-order valence-corrected chi connectivity index (χ4v) is 6.35. The first-order valence-corrected chi connectivity index (χ1v) is 13.4. The van der Waals surface area contributed by atoms with Gasteiger partial charge in [-0.2, -0.15) is 13.2 Å². The Kier molecular flexibility index (Phi) is 6.14. The number of hydrogen-bond acceptors (Lipinski definition) is 6. The van der Waals surface area contributed by atoms with Gasteiger partial charge in [0.25, 0.3) is 0 Å². The van der Waals surface area contributed by atoms with Gasteiger partial charge in [-0.3, -0.25) is 9.59 Å². The number of hydrogen-bond donors (Lipinski definition) is 2. The quantitative estimate of drug-likeness (QED) is 0.482. The van der Waals surface area contributed by atoms with E-state index >= 15 is 0 Å². The Morgan fingerprint density at radius 3 is 2.59 bits per heavy atom. The van der Waals surface area contributed by atoms with Crippen molar-refractivity contribution in [2.75, 3.05) is 23.3 Å². The molecule has 4 heterocycles. The third kappa shape index (κ3) is 4.17. The number of anilines is 2. The number of carbonyl (C=O) groups excluding carboxylic acids is 1. The number of alkyl halides is 3. The third-order valence-electron chi connectivity index (χ3n) is 8.35. The van der Waals surface area contributed by atoms with Crippen LogP contribution in [0, 0.1) is 13.8 Å². The summed E-state index contributed by atoms with van der Waals surface area (Å²) < 4.78 is 41.1. The smallest absolute Gasteiger partial charge is 0.361 e. The average Bonchev–Trinajstić information content (AvgIpc) is 3.19. The third-order valence-corrected chi connectivity index (χ3v) is 8.66. The lowest BCUT2D eigenvalue weighted by molar-refractivity contribution is -0.137. The molecule has 1 amide bonds. The summed E-state index contributed by atoms with van der Waals surface area (Å²) in [6.45, 7) is 7.00. The number of fused-ring (bicyclic) bond motifs is 4. The summed E-state index contributed by atoms with van der Waals surface area (Å²) in [4.78, 5) is 39.2. The van der Waals surface area contributed by atoms with Gasteiger partial charge in [0.15, 0.2) is 11.2 Å². The van der Waals surface area contributed by atoms with E-state index in [-0.39, 0.29) is 33.6 Å². The van der Waals surface area contributed by atoms with Crippen LogP contribution in [0.15, 0.2) is 23.0 Å². The maximum atomic E-state index is 14.0. The maximum absolute atomic E-state index is 14.0. The lowest BCUT2D eigenvalue weighted by Gasteiger charge is -2.50. The van der Waals surface area contributed by atoms with E-state index in [1.54, 1.807) is 13.8 Å². The van der Waals surface area contributed by atoms with Crippen molar-refractivity contribution in [3.8, 4) is 0 Å². The summed E-state index contributed by atoms with van der Waals surface area (Å²) in [6.07, 6.45) is -2.14. The Hall–Kier alpha value is -3.18. The first-order valence-electron chi connectivity index (χ1n) is 13.1. The topological polar surface area (TPSA) is 92.2 Å². The lowest BCUT2D eigenvalue weighted by atomic mass is 9.82. The van der Waals surface area contributed by atoms with Crippen molar-refractivity contribution in [2.24, 2.45) is 0 Å². The number of benzene rings is 1. The fourth-order valence-electron chi connectivity index (χ4n) is 6.12. The molecule has 0 radical (unpaired) electrons. The molecule has 4 atom stereocenters. The number of halogens is 4. The molecule has 2 fully saturated rings. The van der Waals surface area contributed by atoms with Gasteiger partial charge >= 0.3 is 6.18 Å². The minimum Gasteiger partial charge on any atom is -0.361 e. The molecular weight excluding hydrogens is 533 g/mol. The second-order valence-electron chi connectivity index (χ2n) is 10.7. The van der Waals surface area contributed by atoms with Crippen LogP contribution < -0.4 is 21.0 Å².